The second-order valence-electron chi connectivity index (χ2n) is 4.64. The first kappa shape index (κ1) is 16.3. The van der Waals surface area contributed by atoms with Crippen molar-refractivity contribution in [3.63, 3.8) is 0 Å². The van der Waals surface area contributed by atoms with Crippen molar-refractivity contribution in [2.45, 2.75) is 38.6 Å². The molecule has 1 heterocycles. The maximum atomic E-state index is 13.3. The van der Waals surface area contributed by atoms with Crippen LogP contribution in [-0.2, 0) is 11.9 Å². The van der Waals surface area contributed by atoms with Crippen LogP contribution in [0.1, 0.15) is 37.1 Å². The summed E-state index contributed by atoms with van der Waals surface area (Å²) in [5.74, 6) is -0.0768. The third kappa shape index (κ3) is 2.90. The van der Waals surface area contributed by atoms with Gasteiger partial charge in [0.15, 0.2) is 9.58 Å². The molecule has 19 heavy (non-hydrogen) atoms. The number of aryl methyl sites for hydroxylation is 1. The minimum atomic E-state index is -4.17. The van der Waals surface area contributed by atoms with Gasteiger partial charge in [-0.15, -0.1) is 13.2 Å². The first-order valence-corrected chi connectivity index (χ1v) is 7.23. The molecular formula is C14H16ClF3S. The molecule has 2 aromatic rings. The number of fused-ring (bicyclic) bond motifs is 1. The number of rotatable bonds is 2. The van der Waals surface area contributed by atoms with Crippen molar-refractivity contribution >= 4 is 20.6 Å². The number of hydrogen-bond donors (Lipinski definition) is 0. The fourth-order valence-corrected chi connectivity index (χ4v) is 4.33. The van der Waals surface area contributed by atoms with Crippen molar-refractivity contribution in [2.75, 3.05) is 0 Å². The van der Waals surface area contributed by atoms with Crippen molar-refractivity contribution in [3.05, 3.63) is 34.7 Å². The monoisotopic (exact) mass is 308 g/mol. The Labute approximate surface area is 120 Å². The maximum Gasteiger partial charge on any atom is 0.600 e. The molecule has 0 saturated heterocycles. The highest BCUT2D eigenvalue weighted by Crippen LogP contribution is 2.53. The average molecular weight is 309 g/mol. The summed E-state index contributed by atoms with van der Waals surface area (Å²) in [5, 5.41) is 0.796. The Kier molecular flexibility index (Phi) is 4.91. The van der Waals surface area contributed by atoms with Crippen molar-refractivity contribution < 1.29 is 25.6 Å². The highest BCUT2D eigenvalue weighted by molar-refractivity contribution is 7.38. The average Bonchev–Trinajstić information content (AvgIpc) is 2.67. The molecule has 0 fully saturated rings. The molecule has 0 N–H and O–H groups in total. The van der Waals surface area contributed by atoms with E-state index in [4.69, 9.17) is 0 Å². The van der Waals surface area contributed by atoms with E-state index in [1.807, 2.05) is 26.8 Å². The highest BCUT2D eigenvalue weighted by Gasteiger charge is 2.48. The largest absolute Gasteiger partial charge is 1.00 e. The van der Waals surface area contributed by atoms with Crippen molar-refractivity contribution in [1.29, 1.82) is 0 Å². The summed E-state index contributed by atoms with van der Waals surface area (Å²) in [6.45, 7) is 5.63. The van der Waals surface area contributed by atoms with E-state index >= 15 is 0 Å². The Morgan fingerprint density at radius 1 is 1.21 bits per heavy atom. The molecule has 1 atom stereocenters. The zero-order valence-electron chi connectivity index (χ0n) is 11.0. The minimum absolute atomic E-state index is 0. The first-order valence-electron chi connectivity index (χ1n) is 6.00. The Bertz CT molecular complexity index is 570. The van der Waals surface area contributed by atoms with Gasteiger partial charge in [-0.2, -0.15) is 0 Å². The van der Waals surface area contributed by atoms with Crippen LogP contribution in [-0.4, -0.2) is 0 Å². The van der Waals surface area contributed by atoms with Gasteiger partial charge in [0.1, 0.15) is 0 Å². The van der Waals surface area contributed by atoms with E-state index in [9.17, 15) is 13.2 Å². The SMILES string of the molecule is CCc1cccc2c1cc(C(C)C)[s+]2C(F)(F)F.[Cl-]. The Morgan fingerprint density at radius 2 is 1.84 bits per heavy atom. The van der Waals surface area contributed by atoms with Crippen LogP contribution >= 0.6 is 10.5 Å². The van der Waals surface area contributed by atoms with Gasteiger partial charge in [-0.3, -0.25) is 0 Å². The number of benzene rings is 1. The molecule has 0 amide bonds. The van der Waals surface area contributed by atoms with Gasteiger partial charge in [-0.1, -0.05) is 32.9 Å². The minimum Gasteiger partial charge on any atom is -1.00 e. The van der Waals surface area contributed by atoms with Gasteiger partial charge in [-0.05, 0) is 18.1 Å². The quantitative estimate of drug-likeness (QED) is 0.749. The van der Waals surface area contributed by atoms with Crippen molar-refractivity contribution in [3.8, 4) is 0 Å². The number of alkyl halides is 3. The van der Waals surface area contributed by atoms with E-state index in [0.29, 0.717) is 9.58 Å². The van der Waals surface area contributed by atoms with Crippen LogP contribution < -0.4 is 12.4 Å². The van der Waals surface area contributed by atoms with Gasteiger partial charge in [0, 0.05) is 17.4 Å². The molecule has 1 aromatic carbocycles. The predicted molar refractivity (Wildman–Crippen MR) is 71.2 cm³/mol. The molecule has 0 radical (unpaired) electrons. The van der Waals surface area contributed by atoms with Crippen molar-refractivity contribution in [1.82, 2.24) is 0 Å². The summed E-state index contributed by atoms with van der Waals surface area (Å²) < 4.78 is 40.2. The number of thiophene rings is 1. The van der Waals surface area contributed by atoms with Crippen LogP contribution in [0.25, 0.3) is 10.1 Å². The molecule has 5 heteroatoms. The fraction of sp³-hybridized carbons (Fsp3) is 0.429. The second-order valence-corrected chi connectivity index (χ2v) is 6.62. The second kappa shape index (κ2) is 5.71. The van der Waals surface area contributed by atoms with Crippen LogP contribution in [0.15, 0.2) is 24.3 Å². The van der Waals surface area contributed by atoms with Crippen LogP contribution in [0.5, 0.6) is 0 Å². The molecule has 1 aromatic heterocycles. The lowest BCUT2D eigenvalue weighted by molar-refractivity contribution is -0.0868. The summed E-state index contributed by atoms with van der Waals surface area (Å²) in [5.41, 5.74) is -3.17. The lowest BCUT2D eigenvalue weighted by Crippen LogP contribution is -3.00. The Balaban J connectivity index is 0.00000180. The molecule has 0 aliphatic rings. The van der Waals surface area contributed by atoms with Crippen LogP contribution in [0.3, 0.4) is 0 Å². The molecular weight excluding hydrogens is 293 g/mol. The predicted octanol–water partition coefficient (Wildman–Crippen LogP) is 2.76. The lowest BCUT2D eigenvalue weighted by Gasteiger charge is -2.02. The van der Waals surface area contributed by atoms with E-state index < -0.39 is 16.0 Å². The maximum absolute atomic E-state index is 13.3. The van der Waals surface area contributed by atoms with Gasteiger partial charge in [-0.25, -0.2) is 0 Å². The molecule has 0 spiro atoms. The van der Waals surface area contributed by atoms with Gasteiger partial charge in [0.05, 0.1) is 10.5 Å². The smallest absolute Gasteiger partial charge is 0.600 e. The third-order valence-electron chi connectivity index (χ3n) is 3.08. The van der Waals surface area contributed by atoms with Gasteiger partial charge in [0.25, 0.3) is 0 Å². The zero-order chi connectivity index (χ0) is 13.5. The summed E-state index contributed by atoms with van der Waals surface area (Å²) in [6, 6.07) is 7.03. The molecule has 2 rings (SSSR count). The normalized spacial score (nSPS) is 12.9. The lowest BCUT2D eigenvalue weighted by atomic mass is 10.1. The molecule has 106 valence electrons. The van der Waals surface area contributed by atoms with Crippen LogP contribution in [0.4, 0.5) is 13.2 Å². The molecule has 0 aliphatic carbocycles. The van der Waals surface area contributed by atoms with E-state index in [-0.39, 0.29) is 18.3 Å². The van der Waals surface area contributed by atoms with Gasteiger partial charge in [0.2, 0.25) is 0 Å². The van der Waals surface area contributed by atoms with Crippen molar-refractivity contribution in [2.24, 2.45) is 0 Å². The molecule has 0 bridgehead atoms. The molecule has 0 aliphatic heterocycles. The highest BCUT2D eigenvalue weighted by atomic mass is 35.5. The third-order valence-corrected chi connectivity index (χ3v) is 5.40. The summed E-state index contributed by atoms with van der Waals surface area (Å²) in [7, 11) is -1.74. The molecule has 0 nitrogen and oxygen atoms in total. The van der Waals surface area contributed by atoms with E-state index in [2.05, 4.69) is 0 Å². The van der Waals surface area contributed by atoms with E-state index in [1.54, 1.807) is 18.2 Å². The number of halogens is 4. The standard InChI is InChI=1S/C14H16F3S.ClH/c1-4-10-6-5-7-12-11(10)8-13(9(2)3)18(12)14(15,16)17;/h5-9H,4H2,1-3H3;1H/q+1;/p-1. The Hall–Kier alpha value is -0.740. The summed E-state index contributed by atoms with van der Waals surface area (Å²) in [4.78, 5) is 0.512. The summed E-state index contributed by atoms with van der Waals surface area (Å²) >= 11 is 0. The van der Waals surface area contributed by atoms with Crippen LogP contribution in [0.2, 0.25) is 0 Å². The molecule has 0 saturated carbocycles. The van der Waals surface area contributed by atoms with Crippen LogP contribution in [0, 0.1) is 0 Å². The zero-order valence-corrected chi connectivity index (χ0v) is 12.6. The summed E-state index contributed by atoms with van der Waals surface area (Å²) in [6.07, 6.45) is 0.764. The van der Waals surface area contributed by atoms with E-state index in [1.165, 1.54) is 0 Å². The first-order chi connectivity index (χ1) is 8.36. The fourth-order valence-electron chi connectivity index (χ4n) is 2.23. The van der Waals surface area contributed by atoms with Gasteiger partial charge >= 0.3 is 5.51 Å². The number of hydrogen-bond acceptors (Lipinski definition) is 0. The Morgan fingerprint density at radius 3 is 2.32 bits per heavy atom. The van der Waals surface area contributed by atoms with Gasteiger partial charge < -0.3 is 12.4 Å². The van der Waals surface area contributed by atoms with E-state index in [0.717, 1.165) is 17.4 Å². The topological polar surface area (TPSA) is 0 Å². The molecule has 1 unspecified atom stereocenters.